The van der Waals surface area contributed by atoms with Crippen molar-refractivity contribution in [3.05, 3.63) is 12.4 Å². The summed E-state index contributed by atoms with van der Waals surface area (Å²) in [6.45, 7) is 4.44. The highest BCUT2D eigenvalue weighted by Crippen LogP contribution is 2.25. The van der Waals surface area contributed by atoms with E-state index in [4.69, 9.17) is 0 Å². The molecule has 2 aliphatic rings. The molecule has 0 amide bonds. The highest BCUT2D eigenvalue weighted by molar-refractivity contribution is 5.49. The van der Waals surface area contributed by atoms with Crippen LogP contribution in [0.2, 0.25) is 0 Å². The summed E-state index contributed by atoms with van der Waals surface area (Å²) in [5.41, 5.74) is 0. The van der Waals surface area contributed by atoms with Crippen LogP contribution >= 0.6 is 0 Å². The maximum Gasteiger partial charge on any atom is 0.134 e. The zero-order chi connectivity index (χ0) is 13.9. The second-order valence-corrected chi connectivity index (χ2v) is 6.20. The molecule has 2 fully saturated rings. The molecule has 110 valence electrons. The molecule has 2 heterocycles. The fourth-order valence-corrected chi connectivity index (χ4v) is 3.30. The number of nitrogens with one attached hydrogen (secondary N) is 1. The van der Waals surface area contributed by atoms with Gasteiger partial charge in [-0.05, 0) is 38.0 Å². The Hall–Kier alpha value is -1.36. The summed E-state index contributed by atoms with van der Waals surface area (Å²) >= 11 is 0. The molecule has 1 saturated carbocycles. The van der Waals surface area contributed by atoms with Gasteiger partial charge in [-0.1, -0.05) is 6.92 Å². The Morgan fingerprint density at radius 3 is 2.90 bits per heavy atom. The van der Waals surface area contributed by atoms with E-state index in [1.807, 2.05) is 6.07 Å². The lowest BCUT2D eigenvalue weighted by atomic mass is 10.0. The van der Waals surface area contributed by atoms with Crippen molar-refractivity contribution in [3.63, 3.8) is 0 Å². The average molecular weight is 276 g/mol. The molecule has 0 aromatic carbocycles. The number of anilines is 2. The molecule has 3 atom stereocenters. The molecule has 1 aliphatic heterocycles. The highest BCUT2D eigenvalue weighted by atomic mass is 16.3. The Labute approximate surface area is 120 Å². The summed E-state index contributed by atoms with van der Waals surface area (Å²) in [4.78, 5) is 11.0. The molecule has 3 unspecified atom stereocenters. The number of nitrogens with zero attached hydrogens (tertiary/aromatic N) is 3. The fraction of sp³-hybridized carbons (Fsp3) is 0.733. The van der Waals surface area contributed by atoms with Crippen molar-refractivity contribution in [2.24, 2.45) is 5.92 Å². The Kier molecular flexibility index (Phi) is 4.05. The van der Waals surface area contributed by atoms with Crippen LogP contribution in [-0.4, -0.2) is 40.3 Å². The van der Waals surface area contributed by atoms with Gasteiger partial charge in [-0.25, -0.2) is 9.97 Å². The van der Waals surface area contributed by atoms with Crippen LogP contribution < -0.4 is 10.2 Å². The highest BCUT2D eigenvalue weighted by Gasteiger charge is 2.25. The van der Waals surface area contributed by atoms with E-state index < -0.39 is 0 Å². The summed E-state index contributed by atoms with van der Waals surface area (Å²) in [6, 6.07) is 2.15. The maximum atomic E-state index is 9.89. The molecule has 0 spiro atoms. The zero-order valence-corrected chi connectivity index (χ0v) is 12.1. The van der Waals surface area contributed by atoms with Crippen molar-refractivity contribution in [2.45, 2.75) is 51.2 Å². The second kappa shape index (κ2) is 5.95. The molecule has 2 N–H and O–H groups in total. The van der Waals surface area contributed by atoms with Crippen LogP contribution in [0.15, 0.2) is 12.4 Å². The smallest absolute Gasteiger partial charge is 0.134 e. The molecule has 5 nitrogen and oxygen atoms in total. The van der Waals surface area contributed by atoms with Gasteiger partial charge in [-0.15, -0.1) is 0 Å². The minimum atomic E-state index is -0.247. The van der Waals surface area contributed by atoms with Gasteiger partial charge in [0.25, 0.3) is 0 Å². The van der Waals surface area contributed by atoms with Gasteiger partial charge in [0, 0.05) is 19.2 Å². The van der Waals surface area contributed by atoms with Crippen LogP contribution in [0.25, 0.3) is 0 Å². The normalized spacial score (nSPS) is 30.5. The summed E-state index contributed by atoms with van der Waals surface area (Å²) < 4.78 is 0. The van der Waals surface area contributed by atoms with Gasteiger partial charge in [-0.3, -0.25) is 0 Å². The molecule has 1 aliphatic carbocycles. The molecular weight excluding hydrogens is 252 g/mol. The van der Waals surface area contributed by atoms with Crippen LogP contribution in [0.3, 0.4) is 0 Å². The monoisotopic (exact) mass is 276 g/mol. The van der Waals surface area contributed by atoms with Crippen molar-refractivity contribution in [3.8, 4) is 0 Å². The van der Waals surface area contributed by atoms with Crippen LogP contribution in [-0.2, 0) is 0 Å². The van der Waals surface area contributed by atoms with E-state index in [1.165, 1.54) is 12.8 Å². The van der Waals surface area contributed by atoms with E-state index >= 15 is 0 Å². The van der Waals surface area contributed by atoms with Crippen LogP contribution in [0.4, 0.5) is 11.6 Å². The molecule has 0 bridgehead atoms. The van der Waals surface area contributed by atoms with Gasteiger partial charge < -0.3 is 15.3 Å². The van der Waals surface area contributed by atoms with Gasteiger partial charge in [-0.2, -0.15) is 0 Å². The SMILES string of the molecule is CC1CCCN(c2cc(NC3CCCC3O)ncn2)C1. The standard InChI is InChI=1S/C15H24N4O/c1-11-4-3-7-19(9-11)15-8-14(16-10-17-15)18-12-5-2-6-13(12)20/h8,10-13,20H,2-7,9H2,1H3,(H,16,17,18). The van der Waals surface area contributed by atoms with Gasteiger partial charge in [0.2, 0.25) is 0 Å². The number of aliphatic hydroxyl groups is 1. The number of hydrogen-bond donors (Lipinski definition) is 2. The number of aromatic nitrogens is 2. The minimum absolute atomic E-state index is 0.137. The van der Waals surface area contributed by atoms with Gasteiger partial charge >= 0.3 is 0 Å². The number of hydrogen-bond acceptors (Lipinski definition) is 5. The first kappa shape index (κ1) is 13.6. The molecule has 1 aromatic rings. The first-order chi connectivity index (χ1) is 9.72. The lowest BCUT2D eigenvalue weighted by molar-refractivity contribution is 0.171. The van der Waals surface area contributed by atoms with Crippen molar-refractivity contribution >= 4 is 11.6 Å². The first-order valence-electron chi connectivity index (χ1n) is 7.74. The van der Waals surface area contributed by atoms with E-state index in [1.54, 1.807) is 6.33 Å². The lowest BCUT2D eigenvalue weighted by Gasteiger charge is -2.32. The molecule has 3 rings (SSSR count). The van der Waals surface area contributed by atoms with Crippen molar-refractivity contribution in [2.75, 3.05) is 23.3 Å². The van der Waals surface area contributed by atoms with Gasteiger partial charge in [0.1, 0.15) is 18.0 Å². The van der Waals surface area contributed by atoms with E-state index in [0.29, 0.717) is 0 Å². The molecule has 1 aromatic heterocycles. The van der Waals surface area contributed by atoms with E-state index in [-0.39, 0.29) is 12.1 Å². The zero-order valence-electron chi connectivity index (χ0n) is 12.1. The van der Waals surface area contributed by atoms with Crippen LogP contribution in [0, 0.1) is 5.92 Å². The third-order valence-corrected chi connectivity index (χ3v) is 4.45. The average Bonchev–Trinajstić information content (AvgIpc) is 2.85. The first-order valence-corrected chi connectivity index (χ1v) is 7.74. The predicted molar refractivity (Wildman–Crippen MR) is 79.9 cm³/mol. The Morgan fingerprint density at radius 2 is 2.15 bits per heavy atom. The maximum absolute atomic E-state index is 9.89. The summed E-state index contributed by atoms with van der Waals surface area (Å²) in [7, 11) is 0. The molecule has 20 heavy (non-hydrogen) atoms. The van der Waals surface area contributed by atoms with E-state index in [2.05, 4.69) is 27.1 Å². The summed E-state index contributed by atoms with van der Waals surface area (Å²) in [6.07, 6.45) is 6.90. The second-order valence-electron chi connectivity index (χ2n) is 6.20. The van der Waals surface area contributed by atoms with Crippen molar-refractivity contribution in [1.29, 1.82) is 0 Å². The summed E-state index contributed by atoms with van der Waals surface area (Å²) in [5, 5.41) is 13.2. The summed E-state index contributed by atoms with van der Waals surface area (Å²) in [5.74, 6) is 2.56. The van der Waals surface area contributed by atoms with Crippen molar-refractivity contribution in [1.82, 2.24) is 9.97 Å². The quantitative estimate of drug-likeness (QED) is 0.884. The Balaban J connectivity index is 1.69. The number of aliphatic hydroxyl groups excluding tert-OH is 1. The molecule has 5 heteroatoms. The number of rotatable bonds is 3. The fourth-order valence-electron chi connectivity index (χ4n) is 3.30. The topological polar surface area (TPSA) is 61.3 Å². The van der Waals surface area contributed by atoms with Crippen LogP contribution in [0.5, 0.6) is 0 Å². The predicted octanol–water partition coefficient (Wildman–Crippen LogP) is 2.04. The van der Waals surface area contributed by atoms with E-state index in [9.17, 15) is 5.11 Å². The van der Waals surface area contributed by atoms with E-state index in [0.717, 1.165) is 49.9 Å². The third kappa shape index (κ3) is 3.03. The van der Waals surface area contributed by atoms with Crippen molar-refractivity contribution < 1.29 is 5.11 Å². The van der Waals surface area contributed by atoms with Gasteiger partial charge in [0.05, 0.1) is 12.1 Å². The minimum Gasteiger partial charge on any atom is -0.391 e. The Bertz CT molecular complexity index is 453. The van der Waals surface area contributed by atoms with Gasteiger partial charge in [0.15, 0.2) is 0 Å². The largest absolute Gasteiger partial charge is 0.391 e. The lowest BCUT2D eigenvalue weighted by Crippen LogP contribution is -2.35. The molecule has 1 saturated heterocycles. The molecular formula is C15H24N4O. The third-order valence-electron chi connectivity index (χ3n) is 4.45. The Morgan fingerprint density at radius 1 is 1.25 bits per heavy atom. The van der Waals surface area contributed by atoms with Crippen LogP contribution in [0.1, 0.15) is 39.0 Å². The number of piperidine rings is 1. The molecule has 0 radical (unpaired) electrons.